The summed E-state index contributed by atoms with van der Waals surface area (Å²) in [6, 6.07) is 4.30. The van der Waals surface area contributed by atoms with Crippen molar-refractivity contribution in [2.24, 2.45) is 11.8 Å². The van der Waals surface area contributed by atoms with Crippen molar-refractivity contribution in [2.45, 2.75) is 44.9 Å². The number of amides is 1. The first-order chi connectivity index (χ1) is 16.6. The maximum atomic E-state index is 15.7. The average molecular weight is 485 g/mol. The second-order valence-corrected chi connectivity index (χ2v) is 10.1. The van der Waals surface area contributed by atoms with Gasteiger partial charge in [-0.3, -0.25) is 4.79 Å². The molecule has 186 valence electrons. The molecule has 4 N–H and O–H groups in total. The lowest BCUT2D eigenvalue weighted by atomic mass is 9.69. The van der Waals surface area contributed by atoms with Crippen LogP contribution in [0.25, 0.3) is 22.2 Å². The monoisotopic (exact) mass is 484 g/mol. The van der Waals surface area contributed by atoms with Crippen LogP contribution in [0.3, 0.4) is 0 Å². The fourth-order valence-electron chi connectivity index (χ4n) is 5.96. The lowest BCUT2D eigenvalue weighted by molar-refractivity contribution is -0.151. The van der Waals surface area contributed by atoms with Crippen LogP contribution in [-0.2, 0) is 10.4 Å². The van der Waals surface area contributed by atoms with E-state index >= 15 is 4.39 Å². The van der Waals surface area contributed by atoms with Gasteiger partial charge in [0.25, 0.3) is 0 Å². The van der Waals surface area contributed by atoms with E-state index in [1.807, 2.05) is 13.8 Å². The fraction of sp³-hybridized carbons (Fsp3) is 0.462. The van der Waals surface area contributed by atoms with Gasteiger partial charge < -0.3 is 25.4 Å². The normalized spacial score (nSPS) is 29.2. The van der Waals surface area contributed by atoms with Crippen molar-refractivity contribution in [1.82, 2.24) is 20.2 Å². The molecule has 0 radical (unpaired) electrons. The summed E-state index contributed by atoms with van der Waals surface area (Å²) in [7, 11) is 0. The Labute approximate surface area is 202 Å². The summed E-state index contributed by atoms with van der Waals surface area (Å²) < 4.78 is 30.2. The summed E-state index contributed by atoms with van der Waals surface area (Å²) in [6.45, 7) is 6.31. The van der Waals surface area contributed by atoms with Gasteiger partial charge in [0.2, 0.25) is 5.91 Å². The lowest BCUT2D eigenvalue weighted by Crippen LogP contribution is -2.58. The van der Waals surface area contributed by atoms with Crippen LogP contribution in [0.5, 0.6) is 0 Å². The van der Waals surface area contributed by atoms with Gasteiger partial charge in [0, 0.05) is 49.4 Å². The van der Waals surface area contributed by atoms with Crippen LogP contribution >= 0.6 is 0 Å². The third-order valence-electron chi connectivity index (χ3n) is 7.73. The van der Waals surface area contributed by atoms with Crippen molar-refractivity contribution in [3.63, 3.8) is 0 Å². The van der Waals surface area contributed by atoms with Crippen LogP contribution < -0.4 is 5.32 Å². The lowest BCUT2D eigenvalue weighted by Gasteiger charge is -2.49. The number of nitrogens with one attached hydrogen (secondary N) is 2. The number of aliphatic hydroxyl groups is 2. The third kappa shape index (κ3) is 3.82. The smallest absolute Gasteiger partial charge is 0.239 e. The Hall–Kier alpha value is -2.88. The number of piperidine rings is 1. The third-order valence-corrected chi connectivity index (χ3v) is 7.73. The second kappa shape index (κ2) is 8.65. The van der Waals surface area contributed by atoms with Crippen molar-refractivity contribution in [1.29, 1.82) is 0 Å². The van der Waals surface area contributed by atoms with Gasteiger partial charge in [0.05, 0.1) is 17.5 Å². The SMILES string of the molecule is Cc1cc(-c2ccnc3[nH]cc(F)c23)cc(F)c1[C@@]1(O)[C@H](C)CN(C(=O)[C@@H]2C[C@@H](O)CN2)C[C@@H]1C. The Bertz CT molecular complexity index is 1260. The van der Waals surface area contributed by atoms with Gasteiger partial charge in [-0.2, -0.15) is 0 Å². The molecule has 0 aliphatic carbocycles. The Morgan fingerprint density at radius 1 is 1.20 bits per heavy atom. The van der Waals surface area contributed by atoms with E-state index in [1.165, 1.54) is 18.5 Å². The molecule has 1 aromatic carbocycles. The number of nitrogens with zero attached hydrogens (tertiary/aromatic N) is 2. The van der Waals surface area contributed by atoms with Gasteiger partial charge in [0.1, 0.15) is 17.1 Å². The van der Waals surface area contributed by atoms with Crippen LogP contribution in [-0.4, -0.2) is 62.8 Å². The van der Waals surface area contributed by atoms with Gasteiger partial charge in [0.15, 0.2) is 5.82 Å². The molecule has 3 aromatic rings. The van der Waals surface area contributed by atoms with Crippen molar-refractivity contribution < 1.29 is 23.8 Å². The number of likely N-dealkylation sites (tertiary alicyclic amines) is 1. The predicted octanol–water partition coefficient (Wildman–Crippen LogP) is 2.84. The molecule has 0 spiro atoms. The number of β-amino-alcohol motifs (C(OH)–C–C–N with tert-alkyl or cyclic N) is 1. The zero-order valence-corrected chi connectivity index (χ0v) is 20.0. The van der Waals surface area contributed by atoms with Gasteiger partial charge >= 0.3 is 0 Å². The summed E-state index contributed by atoms with van der Waals surface area (Å²) >= 11 is 0. The number of fused-ring (bicyclic) bond motifs is 1. The van der Waals surface area contributed by atoms with Gasteiger partial charge in [-0.1, -0.05) is 19.9 Å². The number of aryl methyl sites for hydroxylation is 1. The molecule has 9 heteroatoms. The molecule has 0 bridgehead atoms. The molecule has 5 atom stereocenters. The number of pyridine rings is 1. The van der Waals surface area contributed by atoms with Crippen molar-refractivity contribution in [3.8, 4) is 11.1 Å². The molecule has 35 heavy (non-hydrogen) atoms. The zero-order chi connectivity index (χ0) is 25.1. The first kappa shape index (κ1) is 23.8. The summed E-state index contributed by atoms with van der Waals surface area (Å²) in [5.74, 6) is -2.01. The Balaban J connectivity index is 1.48. The largest absolute Gasteiger partial charge is 0.392 e. The number of benzene rings is 1. The molecule has 2 fully saturated rings. The van der Waals surface area contributed by atoms with E-state index in [4.69, 9.17) is 0 Å². The first-order valence-corrected chi connectivity index (χ1v) is 12.0. The quantitative estimate of drug-likeness (QED) is 0.458. The van der Waals surface area contributed by atoms with Gasteiger partial charge in [-0.15, -0.1) is 0 Å². The Morgan fingerprint density at radius 2 is 1.91 bits per heavy atom. The number of halogens is 2. The molecular weight excluding hydrogens is 454 g/mol. The Kier molecular flexibility index (Phi) is 5.89. The average Bonchev–Trinajstić information content (AvgIpc) is 3.42. The topological polar surface area (TPSA) is 101 Å². The predicted molar refractivity (Wildman–Crippen MR) is 127 cm³/mol. The second-order valence-electron chi connectivity index (χ2n) is 10.1. The van der Waals surface area contributed by atoms with Crippen LogP contribution in [0.1, 0.15) is 31.4 Å². The van der Waals surface area contributed by atoms with E-state index in [0.717, 1.165) is 0 Å². The number of carbonyl (C=O) groups excluding carboxylic acids is 1. The number of aromatic nitrogens is 2. The fourth-order valence-corrected chi connectivity index (χ4v) is 5.96. The summed E-state index contributed by atoms with van der Waals surface area (Å²) in [5.41, 5.74) is 0.674. The van der Waals surface area contributed by atoms with E-state index in [1.54, 1.807) is 24.0 Å². The maximum absolute atomic E-state index is 15.7. The molecule has 2 aliphatic rings. The van der Waals surface area contributed by atoms with E-state index in [-0.39, 0.29) is 29.9 Å². The van der Waals surface area contributed by atoms with Crippen molar-refractivity contribution >= 4 is 16.9 Å². The van der Waals surface area contributed by atoms with Crippen LogP contribution in [0, 0.1) is 30.4 Å². The molecule has 7 nitrogen and oxygen atoms in total. The molecule has 2 saturated heterocycles. The number of aromatic amines is 1. The number of aliphatic hydroxyl groups excluding tert-OH is 1. The highest BCUT2D eigenvalue weighted by molar-refractivity contribution is 5.93. The highest BCUT2D eigenvalue weighted by Crippen LogP contribution is 2.45. The van der Waals surface area contributed by atoms with E-state index in [9.17, 15) is 19.4 Å². The molecular formula is C26H30F2N4O3. The number of rotatable bonds is 3. The standard InChI is InChI=1S/C26H30F2N4O3/c1-13-6-16(18-4-5-29-24-22(18)20(28)10-31-24)7-19(27)23(13)26(35)14(2)11-32(12-15(26)3)25(34)21-8-17(33)9-30-21/h4-7,10,14-15,17,21,30,33,35H,8-9,11-12H2,1-3H3,(H,29,31)/t14-,15+,17-,21+,26-/m1/s1. The molecule has 5 rings (SSSR count). The number of H-pyrrole nitrogens is 1. The molecule has 2 aliphatic heterocycles. The molecule has 0 unspecified atom stereocenters. The minimum absolute atomic E-state index is 0.106. The summed E-state index contributed by atoms with van der Waals surface area (Å²) in [6.07, 6.45) is 2.58. The first-order valence-electron chi connectivity index (χ1n) is 12.0. The van der Waals surface area contributed by atoms with Crippen molar-refractivity contribution in [2.75, 3.05) is 19.6 Å². The van der Waals surface area contributed by atoms with E-state index in [2.05, 4.69) is 15.3 Å². The molecule has 4 heterocycles. The van der Waals surface area contributed by atoms with Crippen LogP contribution in [0.4, 0.5) is 8.78 Å². The number of hydrogen-bond acceptors (Lipinski definition) is 5. The molecule has 2 aromatic heterocycles. The summed E-state index contributed by atoms with van der Waals surface area (Å²) in [5, 5.41) is 25.0. The molecule has 1 amide bonds. The van der Waals surface area contributed by atoms with E-state index in [0.29, 0.717) is 35.3 Å². The summed E-state index contributed by atoms with van der Waals surface area (Å²) in [4.78, 5) is 21.6. The van der Waals surface area contributed by atoms with Crippen molar-refractivity contribution in [3.05, 3.63) is 53.4 Å². The highest BCUT2D eigenvalue weighted by Gasteiger charge is 2.49. The minimum Gasteiger partial charge on any atom is -0.392 e. The molecule has 0 saturated carbocycles. The Morgan fingerprint density at radius 3 is 2.54 bits per heavy atom. The van der Waals surface area contributed by atoms with Crippen LogP contribution in [0.15, 0.2) is 30.6 Å². The van der Waals surface area contributed by atoms with Gasteiger partial charge in [-0.05, 0) is 42.2 Å². The zero-order valence-electron chi connectivity index (χ0n) is 20.0. The maximum Gasteiger partial charge on any atom is 0.239 e. The highest BCUT2D eigenvalue weighted by atomic mass is 19.1. The van der Waals surface area contributed by atoms with Crippen LogP contribution in [0.2, 0.25) is 0 Å². The number of carbonyl (C=O) groups is 1. The van der Waals surface area contributed by atoms with E-state index < -0.39 is 41.2 Å². The minimum atomic E-state index is -1.49. The van der Waals surface area contributed by atoms with Gasteiger partial charge in [-0.25, -0.2) is 13.8 Å². The number of hydrogen-bond donors (Lipinski definition) is 4.